The van der Waals surface area contributed by atoms with Gasteiger partial charge in [0, 0.05) is 35.1 Å². The van der Waals surface area contributed by atoms with Crippen LogP contribution in [0.5, 0.6) is 0 Å². The highest BCUT2D eigenvalue weighted by Gasteiger charge is 2.50. The second kappa shape index (κ2) is 9.44. The molecule has 1 fully saturated rings. The number of thioether (sulfide) groups is 1. The second-order valence-corrected chi connectivity index (χ2v) is 10.6. The number of halogens is 1. The van der Waals surface area contributed by atoms with Gasteiger partial charge in [-0.25, -0.2) is 4.79 Å². The van der Waals surface area contributed by atoms with Gasteiger partial charge in [0.2, 0.25) is 0 Å². The van der Waals surface area contributed by atoms with Gasteiger partial charge < -0.3 is 10.4 Å². The molecule has 0 radical (unpaired) electrons. The number of nitrogens with one attached hydrogen (secondary N) is 1. The lowest BCUT2D eigenvalue weighted by molar-refractivity contribution is -0.387. The summed E-state index contributed by atoms with van der Waals surface area (Å²) in [4.78, 5) is 34.0. The molecule has 36 heavy (non-hydrogen) atoms. The summed E-state index contributed by atoms with van der Waals surface area (Å²) < 4.78 is 0. The molecule has 1 aliphatic heterocycles. The molecule has 0 aromatic heterocycles. The molecule has 9 nitrogen and oxygen atoms in total. The van der Waals surface area contributed by atoms with Gasteiger partial charge in [0.05, 0.1) is 31.7 Å². The number of para-hydroxylation sites is 1. The highest BCUT2D eigenvalue weighted by molar-refractivity contribution is 8.00. The SMILES string of the molecule is O=C(O)c1ccc2c(c1)C1C(Cl)C(Sc3ccccc3[N+](=O)[O-])CC1C(c1ccc([N+](=O)[O-])cc1)N2. The van der Waals surface area contributed by atoms with Crippen LogP contribution in [-0.4, -0.2) is 31.5 Å². The van der Waals surface area contributed by atoms with Crippen LogP contribution in [0.1, 0.15) is 39.9 Å². The zero-order chi connectivity index (χ0) is 25.6. The van der Waals surface area contributed by atoms with E-state index in [1.165, 1.54) is 36.0 Å². The van der Waals surface area contributed by atoms with E-state index in [9.17, 15) is 30.1 Å². The lowest BCUT2D eigenvalue weighted by Gasteiger charge is -2.38. The van der Waals surface area contributed by atoms with Gasteiger partial charge in [-0.15, -0.1) is 23.4 Å². The van der Waals surface area contributed by atoms with E-state index in [1.807, 2.05) is 0 Å². The highest BCUT2D eigenvalue weighted by Crippen LogP contribution is 2.58. The van der Waals surface area contributed by atoms with Crippen LogP contribution in [0.3, 0.4) is 0 Å². The van der Waals surface area contributed by atoms with Crippen LogP contribution in [0.25, 0.3) is 0 Å². The first kappa shape index (κ1) is 24.1. The standard InChI is InChI=1S/C25H20ClN3O6S/c26-23-21(36-20-4-2-1-3-19(20)29(34)35)12-17-22(23)16-11-14(25(30)31)7-10-18(16)27-24(17)13-5-8-15(9-6-13)28(32)33/h1-11,17,21-24,27H,12H2,(H,30,31). The summed E-state index contributed by atoms with van der Waals surface area (Å²) in [5, 5.41) is 35.1. The number of anilines is 1. The van der Waals surface area contributed by atoms with Gasteiger partial charge in [0.25, 0.3) is 11.4 Å². The van der Waals surface area contributed by atoms with E-state index in [0.29, 0.717) is 11.3 Å². The van der Waals surface area contributed by atoms with Crippen molar-refractivity contribution in [3.05, 3.63) is 104 Å². The molecule has 3 aromatic carbocycles. The summed E-state index contributed by atoms with van der Waals surface area (Å²) in [6.45, 7) is 0. The first-order chi connectivity index (χ1) is 17.2. The Balaban J connectivity index is 1.55. The normalized spacial score (nSPS) is 24.3. The first-order valence-electron chi connectivity index (χ1n) is 11.2. The predicted molar refractivity (Wildman–Crippen MR) is 136 cm³/mol. The quantitative estimate of drug-likeness (QED) is 0.219. The van der Waals surface area contributed by atoms with Gasteiger partial charge in [-0.1, -0.05) is 24.3 Å². The van der Waals surface area contributed by atoms with Crippen LogP contribution in [0, 0.1) is 26.1 Å². The number of rotatable bonds is 6. The number of alkyl halides is 1. The maximum Gasteiger partial charge on any atom is 0.335 e. The van der Waals surface area contributed by atoms with Crippen LogP contribution in [0.4, 0.5) is 17.1 Å². The molecule has 2 aliphatic rings. The number of hydrogen-bond donors (Lipinski definition) is 2. The van der Waals surface area contributed by atoms with Crippen molar-refractivity contribution in [1.29, 1.82) is 0 Å². The van der Waals surface area contributed by atoms with Crippen LogP contribution < -0.4 is 5.32 Å². The summed E-state index contributed by atoms with van der Waals surface area (Å²) in [5.41, 5.74) is 2.56. The van der Waals surface area contributed by atoms with E-state index in [1.54, 1.807) is 42.5 Å². The zero-order valence-corrected chi connectivity index (χ0v) is 20.2. The van der Waals surface area contributed by atoms with Crippen molar-refractivity contribution in [3.8, 4) is 0 Å². The van der Waals surface area contributed by atoms with Crippen molar-refractivity contribution in [2.24, 2.45) is 5.92 Å². The largest absolute Gasteiger partial charge is 0.478 e. The number of fused-ring (bicyclic) bond motifs is 3. The molecule has 1 heterocycles. The zero-order valence-electron chi connectivity index (χ0n) is 18.6. The average molecular weight is 526 g/mol. The molecule has 0 amide bonds. The van der Waals surface area contributed by atoms with Crippen molar-refractivity contribution in [3.63, 3.8) is 0 Å². The van der Waals surface area contributed by atoms with Crippen molar-refractivity contribution >= 4 is 46.4 Å². The van der Waals surface area contributed by atoms with E-state index >= 15 is 0 Å². The van der Waals surface area contributed by atoms with E-state index < -0.39 is 21.2 Å². The van der Waals surface area contributed by atoms with E-state index in [0.717, 1.165) is 16.8 Å². The highest BCUT2D eigenvalue weighted by atomic mass is 35.5. The Morgan fingerprint density at radius 1 is 1.03 bits per heavy atom. The predicted octanol–water partition coefficient (Wildman–Crippen LogP) is 6.24. The molecule has 5 unspecified atom stereocenters. The Kier molecular flexibility index (Phi) is 6.31. The number of nitro benzene ring substituents is 2. The van der Waals surface area contributed by atoms with Gasteiger partial charge in [-0.05, 0) is 47.7 Å². The third-order valence-corrected chi connectivity index (χ3v) is 8.98. The number of hydrogen-bond acceptors (Lipinski definition) is 7. The van der Waals surface area contributed by atoms with Crippen molar-refractivity contribution in [2.45, 2.75) is 33.9 Å². The van der Waals surface area contributed by atoms with Crippen LogP contribution in [-0.2, 0) is 0 Å². The monoisotopic (exact) mass is 525 g/mol. The summed E-state index contributed by atoms with van der Waals surface area (Å²) in [7, 11) is 0. The molecule has 1 saturated carbocycles. The first-order valence-corrected chi connectivity index (χ1v) is 12.5. The Morgan fingerprint density at radius 3 is 2.42 bits per heavy atom. The Labute approximate surface area is 214 Å². The summed E-state index contributed by atoms with van der Waals surface area (Å²) >= 11 is 8.42. The fourth-order valence-corrected chi connectivity index (χ4v) is 7.20. The minimum Gasteiger partial charge on any atom is -0.478 e. The van der Waals surface area contributed by atoms with Gasteiger partial charge >= 0.3 is 5.97 Å². The lowest BCUT2D eigenvalue weighted by Crippen LogP contribution is -2.31. The second-order valence-electron chi connectivity index (χ2n) is 8.83. The summed E-state index contributed by atoms with van der Waals surface area (Å²) in [5.74, 6) is -1.32. The third kappa shape index (κ3) is 4.27. The number of carbonyl (C=O) groups is 1. The summed E-state index contributed by atoms with van der Waals surface area (Å²) in [6.07, 6.45) is 0.612. The number of aromatic carboxylic acids is 1. The number of nitrogens with zero attached hydrogens (tertiary/aromatic N) is 2. The van der Waals surface area contributed by atoms with E-state index in [-0.39, 0.29) is 40.1 Å². The fourth-order valence-electron chi connectivity index (χ4n) is 5.25. The van der Waals surface area contributed by atoms with Crippen molar-refractivity contribution < 1.29 is 19.7 Å². The van der Waals surface area contributed by atoms with Crippen molar-refractivity contribution in [1.82, 2.24) is 0 Å². The van der Waals surface area contributed by atoms with E-state index in [2.05, 4.69) is 5.32 Å². The van der Waals surface area contributed by atoms with Crippen molar-refractivity contribution in [2.75, 3.05) is 5.32 Å². The molecule has 1 aliphatic carbocycles. The maximum atomic E-state index is 11.7. The third-order valence-electron chi connectivity index (χ3n) is 6.86. The molecular formula is C25H20ClN3O6S. The number of benzene rings is 3. The molecule has 3 aromatic rings. The molecule has 0 spiro atoms. The van der Waals surface area contributed by atoms with Gasteiger partial charge in [-0.2, -0.15) is 0 Å². The molecule has 0 bridgehead atoms. The number of non-ortho nitro benzene ring substituents is 1. The summed E-state index contributed by atoms with van der Waals surface area (Å²) in [6, 6.07) is 17.6. The smallest absolute Gasteiger partial charge is 0.335 e. The Bertz CT molecular complexity index is 1370. The van der Waals surface area contributed by atoms with E-state index in [4.69, 9.17) is 11.6 Å². The molecule has 0 saturated heterocycles. The van der Waals surface area contributed by atoms with Crippen LogP contribution >= 0.6 is 23.4 Å². The maximum absolute atomic E-state index is 11.7. The topological polar surface area (TPSA) is 136 Å². The molecule has 5 rings (SSSR count). The van der Waals surface area contributed by atoms with Gasteiger partial charge in [0.15, 0.2) is 0 Å². The van der Waals surface area contributed by atoms with Gasteiger partial charge in [-0.3, -0.25) is 20.2 Å². The number of nitro groups is 2. The fraction of sp³-hybridized carbons (Fsp3) is 0.240. The Hall–Kier alpha value is -3.63. The number of carboxylic acids is 1. The average Bonchev–Trinajstić information content (AvgIpc) is 3.19. The molecule has 5 atom stereocenters. The molecule has 2 N–H and O–H groups in total. The number of carboxylic acid groups (broad SMARTS) is 1. The van der Waals surface area contributed by atoms with Crippen LogP contribution in [0.2, 0.25) is 0 Å². The van der Waals surface area contributed by atoms with Gasteiger partial charge in [0.1, 0.15) is 0 Å². The van der Waals surface area contributed by atoms with Crippen LogP contribution in [0.15, 0.2) is 71.6 Å². The minimum absolute atomic E-state index is 0.0101. The molecular weight excluding hydrogens is 506 g/mol. The minimum atomic E-state index is -1.04. The molecule has 184 valence electrons. The molecule has 11 heteroatoms. The Morgan fingerprint density at radius 2 is 1.75 bits per heavy atom. The lowest BCUT2D eigenvalue weighted by atomic mass is 9.77.